The zero-order chi connectivity index (χ0) is 12.5. The second-order valence-electron chi connectivity index (χ2n) is 4.98. The van der Waals surface area contributed by atoms with E-state index >= 15 is 0 Å². The molecule has 1 N–H and O–H groups in total. The van der Waals surface area contributed by atoms with Crippen LogP contribution in [0, 0.1) is 5.41 Å². The first-order valence-electron chi connectivity index (χ1n) is 5.07. The van der Waals surface area contributed by atoms with Gasteiger partial charge in [-0.05, 0) is 5.41 Å². The second-order valence-corrected chi connectivity index (χ2v) is 6.62. The molecule has 0 unspecified atom stereocenters. The fourth-order valence-electron chi connectivity index (χ4n) is 1.57. The number of hydrogen-bond donors (Lipinski definition) is 1. The molecule has 5 heteroatoms. The van der Waals surface area contributed by atoms with Crippen LogP contribution in [-0.2, 0) is 4.79 Å². The second kappa shape index (κ2) is 4.75. The molecule has 1 rings (SSSR count). The van der Waals surface area contributed by atoms with Crippen molar-refractivity contribution in [3.8, 4) is 0 Å². The van der Waals surface area contributed by atoms with Gasteiger partial charge in [0.25, 0.3) is 0 Å². The predicted molar refractivity (Wildman–Crippen MR) is 71.6 cm³/mol. The van der Waals surface area contributed by atoms with E-state index < -0.39 is 0 Å². The summed E-state index contributed by atoms with van der Waals surface area (Å²) in [5, 5.41) is 9.87. The first-order valence-corrected chi connectivity index (χ1v) is 6.30. The van der Waals surface area contributed by atoms with Crippen molar-refractivity contribution in [1.82, 2.24) is 4.90 Å². The van der Waals surface area contributed by atoms with Gasteiger partial charge in [-0.2, -0.15) is 0 Å². The smallest absolute Gasteiger partial charge is 0.173 e. The summed E-state index contributed by atoms with van der Waals surface area (Å²) >= 11 is 6.30. The topological polar surface area (TPSA) is 40.5 Å². The molecule has 0 aromatic carbocycles. The third-order valence-corrected chi connectivity index (χ3v) is 4.18. The molecule has 0 heterocycles. The summed E-state index contributed by atoms with van der Waals surface area (Å²) in [7, 11) is 3.65. The number of carbonyl (C=O) groups excluding carboxylic acids is 1. The summed E-state index contributed by atoms with van der Waals surface area (Å²) in [6.45, 7) is 3.96. The molecule has 0 saturated carbocycles. The van der Waals surface area contributed by atoms with Gasteiger partial charge in [-0.25, -0.2) is 0 Å². The van der Waals surface area contributed by atoms with Crippen molar-refractivity contribution in [2.75, 3.05) is 14.1 Å². The zero-order valence-corrected chi connectivity index (χ0v) is 11.7. The van der Waals surface area contributed by atoms with Gasteiger partial charge in [0.15, 0.2) is 5.78 Å². The zero-order valence-electron chi connectivity index (χ0n) is 10.0. The van der Waals surface area contributed by atoms with Gasteiger partial charge in [0.1, 0.15) is 10.1 Å². The number of hydrogen-bond acceptors (Lipinski definition) is 4. The summed E-state index contributed by atoms with van der Waals surface area (Å²) in [6.07, 6.45) is 1.01. The number of nitrogens with zero attached hydrogens (tertiary/aromatic N) is 1. The van der Waals surface area contributed by atoms with Crippen molar-refractivity contribution < 1.29 is 9.90 Å². The number of carbonyl (C=O) groups is 1. The van der Waals surface area contributed by atoms with Crippen molar-refractivity contribution in [3.63, 3.8) is 0 Å². The van der Waals surface area contributed by atoms with Crippen LogP contribution in [0.1, 0.15) is 26.7 Å². The van der Waals surface area contributed by atoms with Crippen molar-refractivity contribution in [1.29, 1.82) is 0 Å². The Kier molecular flexibility index (Phi) is 4.02. The monoisotopic (exact) mass is 259 g/mol. The number of thioether (sulfide) groups is 1. The molecule has 0 radical (unpaired) electrons. The summed E-state index contributed by atoms with van der Waals surface area (Å²) in [4.78, 5) is 14.0. The highest BCUT2D eigenvalue weighted by Crippen LogP contribution is 2.39. The molecule has 0 bridgehead atoms. The minimum absolute atomic E-state index is 0.0112. The Morgan fingerprint density at radius 1 is 1.44 bits per heavy atom. The molecule has 0 atom stereocenters. The van der Waals surface area contributed by atoms with E-state index in [1.807, 2.05) is 27.9 Å². The van der Waals surface area contributed by atoms with Crippen molar-refractivity contribution >= 4 is 34.1 Å². The molecule has 0 aromatic heterocycles. The van der Waals surface area contributed by atoms with Gasteiger partial charge in [0, 0.05) is 26.9 Å². The number of Topliss-reactive ketones (excluding diaryl/α,β-unsaturated/α-hetero) is 1. The van der Waals surface area contributed by atoms with E-state index in [9.17, 15) is 9.90 Å². The lowest BCUT2D eigenvalue weighted by Crippen LogP contribution is -2.26. The van der Waals surface area contributed by atoms with Crippen LogP contribution in [0.3, 0.4) is 0 Å². The van der Waals surface area contributed by atoms with E-state index in [1.54, 1.807) is 4.90 Å². The normalized spacial score (nSPS) is 19.9. The summed E-state index contributed by atoms with van der Waals surface area (Å²) < 4.78 is 0.592. The van der Waals surface area contributed by atoms with Crippen molar-refractivity contribution in [2.24, 2.45) is 5.41 Å². The predicted octanol–water partition coefficient (Wildman–Crippen LogP) is 2.72. The van der Waals surface area contributed by atoms with Gasteiger partial charge in [-0.15, -0.1) is 0 Å². The molecule has 1 aliphatic carbocycles. The number of allylic oxidation sites excluding steroid dienone is 2. The van der Waals surface area contributed by atoms with E-state index in [4.69, 9.17) is 12.2 Å². The maximum Gasteiger partial charge on any atom is 0.173 e. The van der Waals surface area contributed by atoms with Crippen LogP contribution in [0.25, 0.3) is 0 Å². The largest absolute Gasteiger partial charge is 0.511 e. The maximum absolute atomic E-state index is 11.9. The highest BCUT2D eigenvalue weighted by Gasteiger charge is 2.33. The number of aliphatic hydroxyl groups is 1. The average Bonchev–Trinajstić information content (AvgIpc) is 2.09. The standard InChI is InChI=1S/C11H17NO2S2/c1-11(2)5-7(13)9(8(14)6-11)16-10(15)12(3)4/h13H,5-6H2,1-4H3. The fourth-order valence-corrected chi connectivity index (χ4v) is 2.55. The lowest BCUT2D eigenvalue weighted by Gasteiger charge is -2.29. The lowest BCUT2D eigenvalue weighted by molar-refractivity contribution is -0.117. The van der Waals surface area contributed by atoms with Crippen LogP contribution in [0.15, 0.2) is 10.7 Å². The first kappa shape index (κ1) is 13.5. The number of ketones is 1. The first-order chi connectivity index (χ1) is 7.23. The highest BCUT2D eigenvalue weighted by atomic mass is 32.2. The SMILES string of the molecule is CN(C)C(=S)SC1=C(O)CC(C)(C)CC1=O. The minimum Gasteiger partial charge on any atom is -0.511 e. The van der Waals surface area contributed by atoms with Crippen LogP contribution < -0.4 is 0 Å². The summed E-state index contributed by atoms with van der Waals surface area (Å²) in [5.74, 6) is 0.165. The van der Waals surface area contributed by atoms with E-state index in [-0.39, 0.29) is 17.0 Å². The maximum atomic E-state index is 11.9. The van der Waals surface area contributed by atoms with E-state index in [1.165, 1.54) is 11.8 Å². The third-order valence-electron chi connectivity index (χ3n) is 2.35. The Balaban J connectivity index is 2.87. The van der Waals surface area contributed by atoms with Gasteiger partial charge in [-0.3, -0.25) is 4.79 Å². The molecule has 0 fully saturated rings. The van der Waals surface area contributed by atoms with Crippen LogP contribution in [0.2, 0.25) is 0 Å². The highest BCUT2D eigenvalue weighted by molar-refractivity contribution is 8.26. The van der Waals surface area contributed by atoms with Crippen molar-refractivity contribution in [3.05, 3.63) is 10.7 Å². The summed E-state index contributed by atoms with van der Waals surface area (Å²) in [5.41, 5.74) is -0.148. The van der Waals surface area contributed by atoms with Gasteiger partial charge >= 0.3 is 0 Å². The molecule has 0 saturated heterocycles. The number of aliphatic hydroxyl groups excluding tert-OH is 1. The van der Waals surface area contributed by atoms with Crippen LogP contribution in [0.4, 0.5) is 0 Å². The van der Waals surface area contributed by atoms with Crippen LogP contribution in [-0.4, -0.2) is 34.2 Å². The van der Waals surface area contributed by atoms with E-state index in [0.29, 0.717) is 22.1 Å². The Morgan fingerprint density at radius 2 is 2.00 bits per heavy atom. The van der Waals surface area contributed by atoms with Crippen LogP contribution >= 0.6 is 24.0 Å². The number of thiocarbonyl (C=S) groups is 1. The van der Waals surface area contributed by atoms with E-state index in [0.717, 1.165) is 0 Å². The van der Waals surface area contributed by atoms with Gasteiger partial charge in [-0.1, -0.05) is 37.8 Å². The van der Waals surface area contributed by atoms with Gasteiger partial charge < -0.3 is 10.0 Å². The molecule has 0 amide bonds. The molecule has 0 aliphatic heterocycles. The molecule has 16 heavy (non-hydrogen) atoms. The van der Waals surface area contributed by atoms with Crippen LogP contribution in [0.5, 0.6) is 0 Å². The third kappa shape index (κ3) is 3.22. The van der Waals surface area contributed by atoms with Crippen molar-refractivity contribution in [2.45, 2.75) is 26.7 Å². The molecule has 3 nitrogen and oxygen atoms in total. The molecular formula is C11H17NO2S2. The molecule has 90 valence electrons. The Morgan fingerprint density at radius 3 is 2.44 bits per heavy atom. The molecule has 0 aromatic rings. The minimum atomic E-state index is -0.148. The summed E-state index contributed by atoms with van der Waals surface area (Å²) in [6, 6.07) is 0. The molecule has 1 aliphatic rings. The lowest BCUT2D eigenvalue weighted by atomic mass is 9.79. The molecule has 0 spiro atoms. The van der Waals surface area contributed by atoms with E-state index in [2.05, 4.69) is 0 Å². The Hall–Kier alpha value is -0.550. The average molecular weight is 259 g/mol. The Bertz CT molecular complexity index is 359. The van der Waals surface area contributed by atoms with Gasteiger partial charge in [0.2, 0.25) is 0 Å². The number of rotatable bonds is 1. The quantitative estimate of drug-likeness (QED) is 0.733. The Labute approximate surface area is 106 Å². The molecular weight excluding hydrogens is 242 g/mol. The fraction of sp³-hybridized carbons (Fsp3) is 0.636. The van der Waals surface area contributed by atoms with Gasteiger partial charge in [0.05, 0.1) is 4.91 Å².